The zero-order valence-electron chi connectivity index (χ0n) is 10.1. The maximum Gasteiger partial charge on any atom is 0.316 e. The third-order valence-corrected chi connectivity index (χ3v) is 3.07. The molecule has 1 aromatic carbocycles. The van der Waals surface area contributed by atoms with Crippen molar-refractivity contribution in [1.82, 2.24) is 5.32 Å². The van der Waals surface area contributed by atoms with Crippen LogP contribution in [0.1, 0.15) is 18.4 Å². The van der Waals surface area contributed by atoms with Crippen LogP contribution in [0.15, 0.2) is 24.3 Å². The molecule has 2 rings (SSSR count). The smallest absolute Gasteiger partial charge is 0.316 e. The predicted molar refractivity (Wildman–Crippen MR) is 64.5 cm³/mol. The van der Waals surface area contributed by atoms with Crippen LogP contribution in [0.25, 0.3) is 0 Å². The molecule has 0 radical (unpaired) electrons. The van der Waals surface area contributed by atoms with Crippen molar-refractivity contribution >= 4 is 11.9 Å². The van der Waals surface area contributed by atoms with Gasteiger partial charge in [-0.15, -0.1) is 0 Å². The molecule has 0 saturated carbocycles. The van der Waals surface area contributed by atoms with Gasteiger partial charge >= 0.3 is 5.97 Å². The van der Waals surface area contributed by atoms with Gasteiger partial charge in [0.2, 0.25) is 5.91 Å². The minimum Gasteiger partial charge on any atom is -0.494 e. The van der Waals surface area contributed by atoms with Crippen molar-refractivity contribution in [2.45, 2.75) is 12.8 Å². The highest BCUT2D eigenvalue weighted by Crippen LogP contribution is 2.30. The lowest BCUT2D eigenvalue weighted by molar-refractivity contribution is -0.145. The Balaban J connectivity index is 2.20. The number of carboxylic acids is 1. The van der Waals surface area contributed by atoms with Gasteiger partial charge < -0.3 is 15.2 Å². The lowest BCUT2D eigenvalue weighted by Crippen LogP contribution is -2.26. The number of hydrogen-bond donors (Lipinski definition) is 2. The molecule has 1 fully saturated rings. The third kappa shape index (κ3) is 2.30. The quantitative estimate of drug-likeness (QED) is 0.780. The van der Waals surface area contributed by atoms with Crippen LogP contribution in [0.3, 0.4) is 0 Å². The average Bonchev–Trinajstić information content (AvgIpc) is 2.73. The van der Waals surface area contributed by atoms with E-state index >= 15 is 0 Å². The molecule has 5 nitrogen and oxygen atoms in total. The molecule has 0 unspecified atom stereocenters. The fourth-order valence-corrected chi connectivity index (χ4v) is 2.19. The second kappa shape index (κ2) is 5.08. The summed E-state index contributed by atoms with van der Waals surface area (Å²) in [6.07, 6.45) is 0. The van der Waals surface area contributed by atoms with Gasteiger partial charge in [0.25, 0.3) is 0 Å². The number of carbonyl (C=O) groups is 2. The predicted octanol–water partition coefficient (Wildman–Crippen LogP) is 0.999. The Hall–Kier alpha value is -2.04. The third-order valence-electron chi connectivity index (χ3n) is 3.07. The number of rotatable bonds is 4. The van der Waals surface area contributed by atoms with E-state index in [0.29, 0.717) is 13.2 Å². The number of carboxylic acid groups (broad SMARTS) is 1. The van der Waals surface area contributed by atoms with Gasteiger partial charge in [0.1, 0.15) is 11.7 Å². The van der Waals surface area contributed by atoms with Gasteiger partial charge in [-0.1, -0.05) is 12.1 Å². The Morgan fingerprint density at radius 1 is 1.44 bits per heavy atom. The van der Waals surface area contributed by atoms with Gasteiger partial charge in [-0.2, -0.15) is 0 Å². The first-order valence-corrected chi connectivity index (χ1v) is 5.86. The molecular weight excluding hydrogens is 234 g/mol. The fraction of sp³-hybridized carbons (Fsp3) is 0.385. The van der Waals surface area contributed by atoms with E-state index in [4.69, 9.17) is 9.84 Å². The first kappa shape index (κ1) is 12.4. The van der Waals surface area contributed by atoms with E-state index < -0.39 is 17.8 Å². The van der Waals surface area contributed by atoms with Crippen LogP contribution in [0.5, 0.6) is 5.75 Å². The molecule has 1 amide bonds. The average molecular weight is 249 g/mol. The number of aliphatic carboxylic acids is 1. The molecule has 1 aromatic rings. The first-order chi connectivity index (χ1) is 8.63. The highest BCUT2D eigenvalue weighted by atomic mass is 16.5. The standard InChI is InChI=1S/C13H15NO4/c1-2-18-9-5-3-8(4-6-9)10-7-14-12(15)11(10)13(16)17/h3-6,10-11H,2,7H2,1H3,(H,14,15)(H,16,17)/t10-,11-/m1/s1. The number of hydrogen-bond acceptors (Lipinski definition) is 3. The molecule has 0 spiro atoms. The second-order valence-electron chi connectivity index (χ2n) is 4.17. The summed E-state index contributed by atoms with van der Waals surface area (Å²) in [6.45, 7) is 2.85. The van der Waals surface area contributed by atoms with Crippen LogP contribution in [0.2, 0.25) is 0 Å². The molecule has 1 saturated heterocycles. The molecule has 96 valence electrons. The molecule has 18 heavy (non-hydrogen) atoms. The summed E-state index contributed by atoms with van der Waals surface area (Å²) < 4.78 is 5.32. The highest BCUT2D eigenvalue weighted by Gasteiger charge is 2.40. The molecule has 1 aliphatic heterocycles. The van der Waals surface area contributed by atoms with Crippen LogP contribution >= 0.6 is 0 Å². The molecule has 0 aromatic heterocycles. The summed E-state index contributed by atoms with van der Waals surface area (Å²) >= 11 is 0. The Kier molecular flexibility index (Phi) is 3.50. The van der Waals surface area contributed by atoms with Crippen molar-refractivity contribution in [3.8, 4) is 5.75 Å². The Morgan fingerprint density at radius 3 is 2.67 bits per heavy atom. The summed E-state index contributed by atoms with van der Waals surface area (Å²) in [4.78, 5) is 22.5. The molecule has 1 aliphatic rings. The maximum atomic E-state index is 11.5. The molecule has 1 heterocycles. The minimum absolute atomic E-state index is 0.314. The van der Waals surface area contributed by atoms with E-state index in [1.54, 1.807) is 12.1 Å². The van der Waals surface area contributed by atoms with Crippen LogP contribution in [-0.2, 0) is 9.59 Å². The molecule has 2 atom stereocenters. The second-order valence-corrected chi connectivity index (χ2v) is 4.17. The monoisotopic (exact) mass is 249 g/mol. The SMILES string of the molecule is CCOc1ccc([C@H]2CNC(=O)[C@@H]2C(=O)O)cc1. The van der Waals surface area contributed by atoms with Crippen molar-refractivity contribution in [2.24, 2.45) is 5.92 Å². The number of carbonyl (C=O) groups excluding carboxylic acids is 1. The summed E-state index contributed by atoms with van der Waals surface area (Å²) in [5.74, 6) is -2.07. The number of ether oxygens (including phenoxy) is 1. The van der Waals surface area contributed by atoms with E-state index in [0.717, 1.165) is 11.3 Å². The van der Waals surface area contributed by atoms with Gasteiger partial charge in [-0.3, -0.25) is 9.59 Å². The van der Waals surface area contributed by atoms with Crippen LogP contribution in [0.4, 0.5) is 0 Å². The molecule has 0 aliphatic carbocycles. The zero-order chi connectivity index (χ0) is 13.1. The van der Waals surface area contributed by atoms with Crippen molar-refractivity contribution in [2.75, 3.05) is 13.2 Å². The van der Waals surface area contributed by atoms with Crippen molar-refractivity contribution < 1.29 is 19.4 Å². The normalized spacial score (nSPS) is 22.6. The van der Waals surface area contributed by atoms with E-state index in [1.807, 2.05) is 19.1 Å². The van der Waals surface area contributed by atoms with Crippen LogP contribution in [-0.4, -0.2) is 30.1 Å². The summed E-state index contributed by atoms with van der Waals surface area (Å²) in [5.41, 5.74) is 0.837. The fourth-order valence-electron chi connectivity index (χ4n) is 2.19. The van der Waals surface area contributed by atoms with E-state index in [2.05, 4.69) is 5.32 Å². The van der Waals surface area contributed by atoms with Gasteiger partial charge in [0.05, 0.1) is 6.61 Å². The number of benzene rings is 1. The molecule has 5 heteroatoms. The Bertz CT molecular complexity index is 455. The topological polar surface area (TPSA) is 75.6 Å². The Morgan fingerprint density at radius 2 is 2.11 bits per heavy atom. The van der Waals surface area contributed by atoms with Crippen LogP contribution < -0.4 is 10.1 Å². The Labute approximate surface area is 105 Å². The van der Waals surface area contributed by atoms with E-state index in [-0.39, 0.29) is 5.92 Å². The molecule has 2 N–H and O–H groups in total. The van der Waals surface area contributed by atoms with Gasteiger partial charge in [-0.25, -0.2) is 0 Å². The molecule has 0 bridgehead atoms. The molecular formula is C13H15NO4. The first-order valence-electron chi connectivity index (χ1n) is 5.86. The largest absolute Gasteiger partial charge is 0.494 e. The van der Waals surface area contributed by atoms with Crippen molar-refractivity contribution in [1.29, 1.82) is 0 Å². The number of amides is 1. The lowest BCUT2D eigenvalue weighted by atomic mass is 9.88. The zero-order valence-corrected chi connectivity index (χ0v) is 10.1. The van der Waals surface area contributed by atoms with E-state index in [9.17, 15) is 9.59 Å². The van der Waals surface area contributed by atoms with Gasteiger partial charge in [0, 0.05) is 12.5 Å². The van der Waals surface area contributed by atoms with Gasteiger partial charge in [-0.05, 0) is 24.6 Å². The lowest BCUT2D eigenvalue weighted by Gasteiger charge is -2.13. The summed E-state index contributed by atoms with van der Waals surface area (Å²) in [5, 5.41) is 11.7. The van der Waals surface area contributed by atoms with Crippen molar-refractivity contribution in [3.05, 3.63) is 29.8 Å². The van der Waals surface area contributed by atoms with Crippen molar-refractivity contribution in [3.63, 3.8) is 0 Å². The number of nitrogens with one attached hydrogen (secondary N) is 1. The van der Waals surface area contributed by atoms with E-state index in [1.165, 1.54) is 0 Å². The van der Waals surface area contributed by atoms with Gasteiger partial charge in [0.15, 0.2) is 0 Å². The minimum atomic E-state index is -1.08. The van der Waals surface area contributed by atoms with Crippen LogP contribution in [0, 0.1) is 5.92 Å². The maximum absolute atomic E-state index is 11.5. The highest BCUT2D eigenvalue weighted by molar-refractivity contribution is 5.99. The summed E-state index contributed by atoms with van der Waals surface area (Å²) in [6, 6.07) is 7.21. The summed E-state index contributed by atoms with van der Waals surface area (Å²) in [7, 11) is 0.